The lowest BCUT2D eigenvalue weighted by molar-refractivity contribution is 0.303. The van der Waals surface area contributed by atoms with Crippen molar-refractivity contribution in [2.24, 2.45) is 0 Å². The minimum atomic E-state index is -1.21. The van der Waals surface area contributed by atoms with Gasteiger partial charge in [0, 0.05) is 0 Å². The van der Waals surface area contributed by atoms with E-state index in [4.69, 9.17) is 4.74 Å². The maximum absolute atomic E-state index is 6.02. The molecule has 0 spiro atoms. The van der Waals surface area contributed by atoms with Gasteiger partial charge in [0.15, 0.2) is 0 Å². The highest BCUT2D eigenvalue weighted by molar-refractivity contribution is 6.88. The summed E-state index contributed by atoms with van der Waals surface area (Å²) in [4.78, 5) is 0. The predicted molar refractivity (Wildman–Crippen MR) is 94.4 cm³/mol. The zero-order chi connectivity index (χ0) is 15.6. The molecule has 0 N–H and O–H groups in total. The second-order valence-corrected chi connectivity index (χ2v) is 12.0. The standard InChI is InChI=1S/C19H26OSi/c1-14-11-15(2)16(3)19(12-14)20-13-17-7-9-18(10-8-17)21(4,5)6/h7-12H,13H2,1-6H3. The molecule has 0 saturated carbocycles. The molecule has 2 aromatic carbocycles. The molecule has 0 unspecified atom stereocenters. The van der Waals surface area contributed by atoms with E-state index in [0.29, 0.717) is 6.61 Å². The lowest BCUT2D eigenvalue weighted by Crippen LogP contribution is -2.37. The van der Waals surface area contributed by atoms with Crippen LogP contribution in [0, 0.1) is 20.8 Å². The largest absolute Gasteiger partial charge is 0.489 e. The van der Waals surface area contributed by atoms with E-state index >= 15 is 0 Å². The second-order valence-electron chi connectivity index (χ2n) is 6.94. The first-order valence-electron chi connectivity index (χ1n) is 7.57. The molecule has 112 valence electrons. The molecule has 0 aliphatic carbocycles. The summed E-state index contributed by atoms with van der Waals surface area (Å²) in [5.74, 6) is 1.00. The van der Waals surface area contributed by atoms with E-state index in [1.54, 1.807) is 0 Å². The van der Waals surface area contributed by atoms with Gasteiger partial charge in [-0.15, -0.1) is 0 Å². The van der Waals surface area contributed by atoms with Crippen LogP contribution < -0.4 is 9.92 Å². The Morgan fingerprint density at radius 2 is 1.52 bits per heavy atom. The van der Waals surface area contributed by atoms with E-state index in [9.17, 15) is 0 Å². The Balaban J connectivity index is 2.10. The molecule has 2 rings (SSSR count). The highest BCUT2D eigenvalue weighted by atomic mass is 28.3. The average molecular weight is 299 g/mol. The Labute approximate surface area is 130 Å². The van der Waals surface area contributed by atoms with E-state index in [2.05, 4.69) is 76.8 Å². The van der Waals surface area contributed by atoms with Crippen LogP contribution in [0.5, 0.6) is 5.75 Å². The summed E-state index contributed by atoms with van der Waals surface area (Å²) < 4.78 is 6.02. The highest BCUT2D eigenvalue weighted by Gasteiger charge is 2.15. The van der Waals surface area contributed by atoms with Crippen molar-refractivity contribution in [1.29, 1.82) is 0 Å². The average Bonchev–Trinajstić information content (AvgIpc) is 2.40. The van der Waals surface area contributed by atoms with Gasteiger partial charge in [-0.25, -0.2) is 0 Å². The third kappa shape index (κ3) is 3.98. The van der Waals surface area contributed by atoms with Gasteiger partial charge in [0.2, 0.25) is 0 Å². The summed E-state index contributed by atoms with van der Waals surface area (Å²) in [7, 11) is -1.21. The molecule has 0 aliphatic rings. The van der Waals surface area contributed by atoms with E-state index < -0.39 is 8.07 Å². The van der Waals surface area contributed by atoms with Crippen molar-refractivity contribution >= 4 is 13.3 Å². The van der Waals surface area contributed by atoms with E-state index in [1.807, 2.05) is 0 Å². The summed E-state index contributed by atoms with van der Waals surface area (Å²) in [5, 5.41) is 1.49. The van der Waals surface area contributed by atoms with Crippen LogP contribution in [0.25, 0.3) is 0 Å². The second kappa shape index (κ2) is 6.06. The molecular weight excluding hydrogens is 272 g/mol. The Bertz CT molecular complexity index is 621. The number of hydrogen-bond acceptors (Lipinski definition) is 1. The molecule has 0 heterocycles. The van der Waals surface area contributed by atoms with Gasteiger partial charge in [0.1, 0.15) is 12.4 Å². The Morgan fingerprint density at radius 3 is 2.10 bits per heavy atom. The zero-order valence-electron chi connectivity index (χ0n) is 14.1. The summed E-state index contributed by atoms with van der Waals surface area (Å²) in [6.07, 6.45) is 0. The quantitative estimate of drug-likeness (QED) is 0.741. The Hall–Kier alpha value is -1.54. The number of aryl methyl sites for hydroxylation is 2. The minimum absolute atomic E-state index is 0.635. The van der Waals surface area contributed by atoms with Crippen molar-refractivity contribution in [3.8, 4) is 5.75 Å². The Morgan fingerprint density at radius 1 is 0.905 bits per heavy atom. The number of rotatable bonds is 4. The van der Waals surface area contributed by atoms with Gasteiger partial charge < -0.3 is 4.74 Å². The van der Waals surface area contributed by atoms with Crippen LogP contribution in [0.4, 0.5) is 0 Å². The molecular formula is C19H26OSi. The fraction of sp³-hybridized carbons (Fsp3) is 0.368. The van der Waals surface area contributed by atoms with E-state index in [1.165, 1.54) is 27.4 Å². The fourth-order valence-electron chi connectivity index (χ4n) is 2.41. The van der Waals surface area contributed by atoms with Crippen molar-refractivity contribution in [3.05, 3.63) is 58.7 Å². The number of benzene rings is 2. The topological polar surface area (TPSA) is 9.23 Å². The zero-order valence-corrected chi connectivity index (χ0v) is 15.1. The molecule has 21 heavy (non-hydrogen) atoms. The molecule has 0 aliphatic heterocycles. The SMILES string of the molecule is Cc1cc(C)c(C)c(OCc2ccc([Si](C)(C)C)cc2)c1. The van der Waals surface area contributed by atoms with Gasteiger partial charge in [0.25, 0.3) is 0 Å². The first-order valence-corrected chi connectivity index (χ1v) is 11.1. The minimum Gasteiger partial charge on any atom is -0.489 e. The molecule has 1 nitrogen and oxygen atoms in total. The predicted octanol–water partition coefficient (Wildman–Crippen LogP) is 4.74. The van der Waals surface area contributed by atoms with Crippen molar-refractivity contribution in [2.45, 2.75) is 47.0 Å². The molecule has 0 bridgehead atoms. The van der Waals surface area contributed by atoms with Crippen LogP contribution in [0.1, 0.15) is 22.3 Å². The van der Waals surface area contributed by atoms with Gasteiger partial charge in [-0.1, -0.05) is 55.2 Å². The maximum Gasteiger partial charge on any atom is 0.123 e. The first-order chi connectivity index (χ1) is 9.77. The highest BCUT2D eigenvalue weighted by Crippen LogP contribution is 2.24. The Kier molecular flexibility index (Phi) is 4.57. The summed E-state index contributed by atoms with van der Waals surface area (Å²) >= 11 is 0. The van der Waals surface area contributed by atoms with Gasteiger partial charge in [-0.05, 0) is 49.1 Å². The molecule has 0 fully saturated rings. The normalized spacial score (nSPS) is 11.5. The molecule has 0 atom stereocenters. The maximum atomic E-state index is 6.02. The third-order valence-electron chi connectivity index (χ3n) is 3.98. The van der Waals surface area contributed by atoms with Crippen LogP contribution in [0.3, 0.4) is 0 Å². The van der Waals surface area contributed by atoms with Crippen LogP contribution in [-0.4, -0.2) is 8.07 Å². The van der Waals surface area contributed by atoms with Crippen LogP contribution in [-0.2, 0) is 6.61 Å². The monoisotopic (exact) mass is 298 g/mol. The van der Waals surface area contributed by atoms with Gasteiger partial charge in [0.05, 0.1) is 8.07 Å². The molecule has 0 radical (unpaired) electrons. The van der Waals surface area contributed by atoms with Crippen LogP contribution >= 0.6 is 0 Å². The third-order valence-corrected chi connectivity index (χ3v) is 6.04. The van der Waals surface area contributed by atoms with Crippen molar-refractivity contribution in [2.75, 3.05) is 0 Å². The van der Waals surface area contributed by atoms with Crippen LogP contribution in [0.2, 0.25) is 19.6 Å². The molecule has 2 aromatic rings. The van der Waals surface area contributed by atoms with Gasteiger partial charge in [-0.3, -0.25) is 0 Å². The number of ether oxygens (including phenoxy) is 1. The summed E-state index contributed by atoms with van der Waals surface area (Å²) in [5.41, 5.74) is 5.01. The number of hydrogen-bond donors (Lipinski definition) is 0. The summed E-state index contributed by atoms with van der Waals surface area (Å²) in [6, 6.07) is 13.2. The smallest absolute Gasteiger partial charge is 0.123 e. The van der Waals surface area contributed by atoms with E-state index in [0.717, 1.165) is 5.75 Å². The van der Waals surface area contributed by atoms with Crippen molar-refractivity contribution < 1.29 is 4.74 Å². The van der Waals surface area contributed by atoms with E-state index in [-0.39, 0.29) is 0 Å². The van der Waals surface area contributed by atoms with Gasteiger partial charge >= 0.3 is 0 Å². The fourth-order valence-corrected chi connectivity index (χ4v) is 3.58. The van der Waals surface area contributed by atoms with Gasteiger partial charge in [-0.2, -0.15) is 0 Å². The summed E-state index contributed by atoms with van der Waals surface area (Å²) in [6.45, 7) is 14.1. The molecule has 0 saturated heterocycles. The van der Waals surface area contributed by atoms with Crippen molar-refractivity contribution in [3.63, 3.8) is 0 Å². The lowest BCUT2D eigenvalue weighted by atomic mass is 10.1. The van der Waals surface area contributed by atoms with Crippen LogP contribution in [0.15, 0.2) is 36.4 Å². The van der Waals surface area contributed by atoms with Crippen molar-refractivity contribution in [1.82, 2.24) is 0 Å². The molecule has 0 aromatic heterocycles. The molecule has 2 heteroatoms. The molecule has 0 amide bonds. The first kappa shape index (κ1) is 15.8. The lowest BCUT2D eigenvalue weighted by Gasteiger charge is -2.17.